The molecule has 0 radical (unpaired) electrons. The number of amides is 1. The summed E-state index contributed by atoms with van der Waals surface area (Å²) >= 11 is 1.24. The molecule has 1 unspecified atom stereocenters. The first-order chi connectivity index (χ1) is 25.2. The highest BCUT2D eigenvalue weighted by atomic mass is 32.2. The third-order valence-electron chi connectivity index (χ3n) is 8.10. The van der Waals surface area contributed by atoms with Crippen LogP contribution in [-0.2, 0) is 4.74 Å². The van der Waals surface area contributed by atoms with Gasteiger partial charge in [0.1, 0.15) is 33.7 Å². The van der Waals surface area contributed by atoms with Gasteiger partial charge in [-0.05, 0) is 106 Å². The number of alkyl carbamates (subject to hydrolysis) is 1. The van der Waals surface area contributed by atoms with E-state index in [4.69, 9.17) is 29.2 Å². The summed E-state index contributed by atoms with van der Waals surface area (Å²) in [4.78, 5) is 43.3. The fourth-order valence-electron chi connectivity index (χ4n) is 5.81. The Balaban J connectivity index is 1.24. The Hall–Kier alpha value is -5.88. The summed E-state index contributed by atoms with van der Waals surface area (Å²) in [5, 5.41) is 4.44. The lowest BCUT2D eigenvalue weighted by atomic mass is 10.1. The van der Waals surface area contributed by atoms with Crippen molar-refractivity contribution in [2.75, 3.05) is 18.0 Å². The van der Waals surface area contributed by atoms with Crippen molar-refractivity contribution in [2.24, 2.45) is 0 Å². The van der Waals surface area contributed by atoms with Gasteiger partial charge in [-0.1, -0.05) is 48.5 Å². The molecule has 1 aliphatic rings. The Kier molecular flexibility index (Phi) is 10.1. The van der Waals surface area contributed by atoms with E-state index in [2.05, 4.69) is 10.2 Å². The van der Waals surface area contributed by atoms with Crippen molar-refractivity contribution in [3.63, 3.8) is 0 Å². The Labute approximate surface area is 305 Å². The van der Waals surface area contributed by atoms with Crippen LogP contribution in [0.2, 0.25) is 0 Å². The number of anilines is 1. The van der Waals surface area contributed by atoms with Gasteiger partial charge in [0.15, 0.2) is 5.16 Å². The lowest BCUT2D eigenvalue weighted by Gasteiger charge is -2.34. The molecule has 1 saturated heterocycles. The number of piperidine rings is 1. The number of nitrogens with zero attached hydrogens (tertiary/aromatic N) is 5. The smallest absolute Gasteiger partial charge is 0.407 e. The van der Waals surface area contributed by atoms with Crippen LogP contribution >= 0.6 is 11.8 Å². The molecule has 0 bridgehead atoms. The fourth-order valence-corrected chi connectivity index (χ4v) is 6.71. The van der Waals surface area contributed by atoms with Crippen LogP contribution < -0.4 is 25.2 Å². The molecule has 11 nitrogen and oxygen atoms in total. The van der Waals surface area contributed by atoms with Crippen LogP contribution in [0, 0.1) is 0 Å². The number of rotatable bonds is 9. The molecule has 4 aromatic carbocycles. The second-order valence-electron chi connectivity index (χ2n) is 13.3. The maximum absolute atomic E-state index is 14.1. The molecule has 1 aliphatic heterocycles. The summed E-state index contributed by atoms with van der Waals surface area (Å²) in [5.41, 5.74) is 0.369. The molecule has 2 aromatic heterocycles. The number of fused-ring (bicyclic) bond motifs is 1. The van der Waals surface area contributed by atoms with Crippen LogP contribution in [0.3, 0.4) is 0 Å². The van der Waals surface area contributed by atoms with Crippen molar-refractivity contribution in [2.45, 2.75) is 55.4 Å². The number of aromatic nitrogens is 4. The van der Waals surface area contributed by atoms with Crippen LogP contribution in [0.25, 0.3) is 16.6 Å². The first-order valence-corrected chi connectivity index (χ1v) is 17.9. The van der Waals surface area contributed by atoms with Gasteiger partial charge in [0.2, 0.25) is 0 Å². The predicted octanol–water partition coefficient (Wildman–Crippen LogP) is 8.41. The van der Waals surface area contributed by atoms with Gasteiger partial charge in [0.05, 0.1) is 16.6 Å². The molecule has 7 rings (SSSR count). The third kappa shape index (κ3) is 8.52. The molecule has 1 atom stereocenters. The zero-order valence-electron chi connectivity index (χ0n) is 29.1. The largest absolute Gasteiger partial charge is 0.457 e. The van der Waals surface area contributed by atoms with Crippen molar-refractivity contribution < 1.29 is 19.0 Å². The number of carbonyl (C=O) groups excluding carboxylic acids is 1. The van der Waals surface area contributed by atoms with Gasteiger partial charge in [-0.15, -0.1) is 0 Å². The molecular weight excluding hydrogens is 677 g/mol. The number of benzene rings is 4. The van der Waals surface area contributed by atoms with E-state index in [-0.39, 0.29) is 17.6 Å². The number of hydrogen-bond acceptors (Lipinski definition) is 10. The van der Waals surface area contributed by atoms with Gasteiger partial charge in [0, 0.05) is 25.2 Å². The van der Waals surface area contributed by atoms with E-state index in [1.807, 2.05) is 130 Å². The standard InChI is InChI=1S/C40H38N6O5S/c1-40(2,3)51-39(48)41-27-13-12-24-45(26-27)34-25-35(44-37(43-34)50-30-16-8-5-9-17-30)52-38-42-33-19-11-10-18-32(33)36(47)46(38)28-20-22-31(23-21-28)49-29-14-6-4-7-15-29/h4-11,14-23,25,27H,12-13,24,26H2,1-3H3,(H,41,48). The van der Waals surface area contributed by atoms with Crippen molar-refractivity contribution in [3.05, 3.63) is 126 Å². The number of nitrogens with one attached hydrogen (secondary N) is 1. The van der Waals surface area contributed by atoms with Crippen molar-refractivity contribution in [3.8, 4) is 28.9 Å². The summed E-state index contributed by atoms with van der Waals surface area (Å²) in [6.45, 7) is 6.75. The predicted molar refractivity (Wildman–Crippen MR) is 201 cm³/mol. The Morgan fingerprint density at radius 3 is 2.17 bits per heavy atom. The van der Waals surface area contributed by atoms with Gasteiger partial charge in [-0.2, -0.15) is 9.97 Å². The van der Waals surface area contributed by atoms with Gasteiger partial charge >= 0.3 is 12.1 Å². The Bertz CT molecular complexity index is 2230. The minimum Gasteiger partial charge on any atom is -0.457 e. The highest BCUT2D eigenvalue weighted by Crippen LogP contribution is 2.33. The monoisotopic (exact) mass is 714 g/mol. The Morgan fingerprint density at radius 2 is 1.46 bits per heavy atom. The number of carbonyl (C=O) groups is 1. The molecule has 0 saturated carbocycles. The molecule has 52 heavy (non-hydrogen) atoms. The Morgan fingerprint density at radius 1 is 0.808 bits per heavy atom. The minimum absolute atomic E-state index is 0.144. The number of ether oxygens (including phenoxy) is 3. The van der Waals surface area contributed by atoms with Crippen LogP contribution in [0.1, 0.15) is 33.6 Å². The highest BCUT2D eigenvalue weighted by molar-refractivity contribution is 7.99. The second kappa shape index (κ2) is 15.2. The lowest BCUT2D eigenvalue weighted by Crippen LogP contribution is -2.49. The van der Waals surface area contributed by atoms with Crippen molar-refractivity contribution >= 4 is 34.6 Å². The molecule has 3 heterocycles. The summed E-state index contributed by atoms with van der Waals surface area (Å²) < 4.78 is 19.3. The van der Waals surface area contributed by atoms with Crippen LogP contribution in [0.4, 0.5) is 10.6 Å². The molecule has 6 aromatic rings. The quantitative estimate of drug-likeness (QED) is 0.115. The van der Waals surface area contributed by atoms with E-state index >= 15 is 0 Å². The molecule has 1 N–H and O–H groups in total. The first-order valence-electron chi connectivity index (χ1n) is 17.1. The van der Waals surface area contributed by atoms with Crippen LogP contribution in [0.15, 0.2) is 130 Å². The molecule has 0 spiro atoms. The first kappa shape index (κ1) is 34.6. The molecule has 264 valence electrons. The van der Waals surface area contributed by atoms with Crippen molar-refractivity contribution in [1.82, 2.24) is 24.8 Å². The van der Waals surface area contributed by atoms with Crippen LogP contribution in [-0.4, -0.2) is 50.3 Å². The minimum atomic E-state index is -0.601. The average Bonchev–Trinajstić information content (AvgIpc) is 3.12. The van der Waals surface area contributed by atoms with E-state index in [0.29, 0.717) is 62.9 Å². The van der Waals surface area contributed by atoms with E-state index < -0.39 is 11.7 Å². The second-order valence-corrected chi connectivity index (χ2v) is 14.2. The summed E-state index contributed by atoms with van der Waals surface area (Å²) in [6, 6.07) is 35.3. The summed E-state index contributed by atoms with van der Waals surface area (Å²) in [5.74, 6) is 2.55. The average molecular weight is 715 g/mol. The van der Waals surface area contributed by atoms with Gasteiger partial charge < -0.3 is 24.4 Å². The van der Waals surface area contributed by atoms with E-state index in [0.717, 1.165) is 12.8 Å². The fraction of sp³-hybridized carbons (Fsp3) is 0.225. The lowest BCUT2D eigenvalue weighted by molar-refractivity contribution is 0.0500. The zero-order chi connectivity index (χ0) is 36.1. The topological polar surface area (TPSA) is 121 Å². The third-order valence-corrected chi connectivity index (χ3v) is 8.98. The van der Waals surface area contributed by atoms with Gasteiger partial charge in [-0.25, -0.2) is 9.78 Å². The molecule has 1 fully saturated rings. The van der Waals surface area contributed by atoms with Gasteiger partial charge in [0.25, 0.3) is 5.56 Å². The van der Waals surface area contributed by atoms with E-state index in [1.54, 1.807) is 10.6 Å². The van der Waals surface area contributed by atoms with Crippen molar-refractivity contribution in [1.29, 1.82) is 0 Å². The zero-order valence-corrected chi connectivity index (χ0v) is 29.9. The molecular formula is C40H38N6O5S. The van der Waals surface area contributed by atoms with E-state index in [9.17, 15) is 9.59 Å². The summed E-state index contributed by atoms with van der Waals surface area (Å²) in [7, 11) is 0. The van der Waals surface area contributed by atoms with E-state index in [1.165, 1.54) is 11.8 Å². The summed E-state index contributed by atoms with van der Waals surface area (Å²) in [6.07, 6.45) is 1.18. The normalized spacial score (nSPS) is 14.5. The SMILES string of the molecule is CC(C)(C)OC(=O)NC1CCCN(c2cc(Sc3nc4ccccc4c(=O)n3-c3ccc(Oc4ccccc4)cc3)nc(Oc3ccccc3)n2)C1. The maximum Gasteiger partial charge on any atom is 0.407 e. The molecule has 0 aliphatic carbocycles. The number of hydrogen-bond donors (Lipinski definition) is 1. The van der Waals surface area contributed by atoms with Gasteiger partial charge in [-0.3, -0.25) is 9.36 Å². The molecule has 1 amide bonds. The maximum atomic E-state index is 14.1. The van der Waals surface area contributed by atoms with Crippen LogP contribution in [0.5, 0.6) is 23.3 Å². The molecule has 12 heteroatoms. The highest BCUT2D eigenvalue weighted by Gasteiger charge is 2.26. The number of para-hydroxylation sites is 3.